The normalized spacial score (nSPS) is 10.9. The number of rotatable bonds is 5. The number of imidazole rings is 1. The second-order valence-corrected chi connectivity index (χ2v) is 5.13. The number of aromatic amines is 1. The number of hydrogen-bond donors (Lipinski definition) is 1. The van der Waals surface area contributed by atoms with Gasteiger partial charge in [-0.3, -0.25) is 0 Å². The van der Waals surface area contributed by atoms with Crippen molar-refractivity contribution in [1.82, 2.24) is 9.97 Å². The number of hydrogen-bond acceptors (Lipinski definition) is 5. The molecule has 0 saturated carbocycles. The van der Waals surface area contributed by atoms with Crippen molar-refractivity contribution in [2.75, 3.05) is 13.7 Å². The third-order valence-corrected chi connectivity index (χ3v) is 3.56. The van der Waals surface area contributed by atoms with Crippen LogP contribution in [0.2, 0.25) is 0 Å². The average Bonchev–Trinajstić information content (AvgIpc) is 3.08. The van der Waals surface area contributed by atoms with E-state index in [-0.39, 0.29) is 6.61 Å². The summed E-state index contributed by atoms with van der Waals surface area (Å²) in [4.78, 5) is 7.58. The fraction of sp³-hybridized carbons (Fsp3) is 0.105. The van der Waals surface area contributed by atoms with E-state index in [1.165, 1.54) is 7.11 Å². The van der Waals surface area contributed by atoms with E-state index in [9.17, 15) is 5.26 Å². The van der Waals surface area contributed by atoms with Crippen LogP contribution < -0.4 is 9.47 Å². The van der Waals surface area contributed by atoms with Crippen LogP contribution in [0.25, 0.3) is 22.7 Å². The molecule has 0 fully saturated rings. The molecule has 0 aliphatic carbocycles. The van der Waals surface area contributed by atoms with Crippen molar-refractivity contribution in [3.8, 4) is 23.6 Å². The molecule has 1 aromatic heterocycles. The molecule has 0 radical (unpaired) electrons. The van der Waals surface area contributed by atoms with E-state index in [1.807, 2.05) is 30.3 Å². The minimum Gasteiger partial charge on any atom is -0.493 e. The summed E-state index contributed by atoms with van der Waals surface area (Å²) in [5.74, 6) is 1.47. The van der Waals surface area contributed by atoms with Gasteiger partial charge in [-0.2, -0.15) is 10.5 Å². The Morgan fingerprint density at radius 2 is 2.04 bits per heavy atom. The topological polar surface area (TPSA) is 94.7 Å². The highest BCUT2D eigenvalue weighted by atomic mass is 16.5. The van der Waals surface area contributed by atoms with Gasteiger partial charge in [-0.05, 0) is 35.9 Å². The van der Waals surface area contributed by atoms with Gasteiger partial charge in [0.05, 0.1) is 23.7 Å². The Labute approximate surface area is 144 Å². The van der Waals surface area contributed by atoms with Gasteiger partial charge >= 0.3 is 0 Å². The smallest absolute Gasteiger partial charge is 0.174 e. The van der Waals surface area contributed by atoms with Crippen LogP contribution >= 0.6 is 0 Å². The first-order valence-electron chi connectivity index (χ1n) is 7.50. The first kappa shape index (κ1) is 16.1. The maximum atomic E-state index is 9.49. The standard InChI is InChI=1S/C19H14N4O2/c1-24-18-11-13(6-7-17(18)25-9-8-20)10-14(12-21)19-22-15-4-2-3-5-16(15)23-19/h2-7,10-11H,9H2,1H3,(H,22,23)/b14-10+. The number of benzene rings is 2. The van der Waals surface area contributed by atoms with Crippen LogP contribution in [0, 0.1) is 22.7 Å². The third-order valence-electron chi connectivity index (χ3n) is 3.56. The summed E-state index contributed by atoms with van der Waals surface area (Å²) >= 11 is 0. The van der Waals surface area contributed by atoms with E-state index in [0.29, 0.717) is 22.9 Å². The largest absolute Gasteiger partial charge is 0.493 e. The Morgan fingerprint density at radius 3 is 2.76 bits per heavy atom. The quantitative estimate of drug-likeness (QED) is 0.722. The number of nitriles is 2. The van der Waals surface area contributed by atoms with Crippen molar-refractivity contribution in [2.45, 2.75) is 0 Å². The molecule has 3 aromatic rings. The lowest BCUT2D eigenvalue weighted by atomic mass is 10.1. The van der Waals surface area contributed by atoms with Crippen LogP contribution in [-0.4, -0.2) is 23.7 Å². The van der Waals surface area contributed by atoms with E-state index in [1.54, 1.807) is 24.3 Å². The number of para-hydroxylation sites is 2. The van der Waals surface area contributed by atoms with Gasteiger partial charge in [-0.15, -0.1) is 0 Å². The Kier molecular flexibility index (Phi) is 4.64. The zero-order chi connectivity index (χ0) is 17.6. The Balaban J connectivity index is 1.97. The van der Waals surface area contributed by atoms with Gasteiger partial charge in [0, 0.05) is 0 Å². The molecule has 0 amide bonds. The zero-order valence-electron chi connectivity index (χ0n) is 13.5. The number of allylic oxidation sites excluding steroid dienone is 1. The average molecular weight is 330 g/mol. The van der Waals surface area contributed by atoms with Gasteiger partial charge in [-0.1, -0.05) is 18.2 Å². The van der Waals surface area contributed by atoms with Crippen molar-refractivity contribution < 1.29 is 9.47 Å². The molecule has 0 atom stereocenters. The number of H-pyrrole nitrogens is 1. The van der Waals surface area contributed by atoms with Crippen LogP contribution in [0.3, 0.4) is 0 Å². The number of aromatic nitrogens is 2. The second-order valence-electron chi connectivity index (χ2n) is 5.13. The summed E-state index contributed by atoms with van der Waals surface area (Å²) in [6.45, 7) is -0.0615. The molecule has 3 rings (SSSR count). The lowest BCUT2D eigenvalue weighted by Crippen LogP contribution is -1.97. The van der Waals surface area contributed by atoms with E-state index in [4.69, 9.17) is 14.7 Å². The molecule has 6 nitrogen and oxygen atoms in total. The SMILES string of the molecule is COc1cc(/C=C(\C#N)c2nc3ccccc3[nH]2)ccc1OCC#N. The molecule has 0 aliphatic heterocycles. The first-order chi connectivity index (χ1) is 12.2. The minimum atomic E-state index is -0.0615. The lowest BCUT2D eigenvalue weighted by molar-refractivity contribution is 0.329. The molecule has 0 saturated heterocycles. The zero-order valence-corrected chi connectivity index (χ0v) is 13.5. The van der Waals surface area contributed by atoms with E-state index < -0.39 is 0 Å². The predicted octanol–water partition coefficient (Wildman–Crippen LogP) is 3.54. The fourth-order valence-electron chi connectivity index (χ4n) is 2.40. The number of ether oxygens (including phenoxy) is 2. The highest BCUT2D eigenvalue weighted by Gasteiger charge is 2.09. The molecule has 0 unspecified atom stereocenters. The molecule has 122 valence electrons. The molecular formula is C19H14N4O2. The van der Waals surface area contributed by atoms with Gasteiger partial charge < -0.3 is 14.5 Å². The highest BCUT2D eigenvalue weighted by molar-refractivity contribution is 5.90. The van der Waals surface area contributed by atoms with E-state index in [0.717, 1.165) is 16.6 Å². The molecule has 2 aromatic carbocycles. The van der Waals surface area contributed by atoms with Crippen molar-refractivity contribution in [3.63, 3.8) is 0 Å². The summed E-state index contributed by atoms with van der Waals surface area (Å²) in [7, 11) is 1.52. The summed E-state index contributed by atoms with van der Waals surface area (Å²) < 4.78 is 10.6. The van der Waals surface area contributed by atoms with E-state index in [2.05, 4.69) is 16.0 Å². The van der Waals surface area contributed by atoms with Crippen LogP contribution in [0.1, 0.15) is 11.4 Å². The molecule has 0 spiro atoms. The summed E-state index contributed by atoms with van der Waals surface area (Å²) in [5, 5.41) is 18.1. The Bertz CT molecular complexity index is 989. The van der Waals surface area contributed by atoms with Crippen molar-refractivity contribution in [3.05, 3.63) is 53.9 Å². The second kappa shape index (κ2) is 7.20. The predicted molar refractivity (Wildman–Crippen MR) is 93.7 cm³/mol. The van der Waals surface area contributed by atoms with Crippen LogP contribution in [-0.2, 0) is 0 Å². The monoisotopic (exact) mass is 330 g/mol. The molecular weight excluding hydrogens is 316 g/mol. The molecule has 6 heteroatoms. The van der Waals surface area contributed by atoms with Gasteiger partial charge in [0.2, 0.25) is 0 Å². The highest BCUT2D eigenvalue weighted by Crippen LogP contribution is 2.29. The van der Waals surface area contributed by atoms with Gasteiger partial charge in [0.1, 0.15) is 18.0 Å². The van der Waals surface area contributed by atoms with Crippen LogP contribution in [0.15, 0.2) is 42.5 Å². The van der Waals surface area contributed by atoms with Gasteiger partial charge in [0.15, 0.2) is 18.1 Å². The maximum Gasteiger partial charge on any atom is 0.174 e. The molecule has 1 N–H and O–H groups in total. The van der Waals surface area contributed by atoms with Crippen molar-refractivity contribution in [1.29, 1.82) is 10.5 Å². The lowest BCUT2D eigenvalue weighted by Gasteiger charge is -2.09. The first-order valence-corrected chi connectivity index (χ1v) is 7.50. The summed E-state index contributed by atoms with van der Waals surface area (Å²) in [6, 6.07) is 16.9. The van der Waals surface area contributed by atoms with E-state index >= 15 is 0 Å². The van der Waals surface area contributed by atoms with Crippen molar-refractivity contribution in [2.24, 2.45) is 0 Å². The Hall–Kier alpha value is -3.77. The number of fused-ring (bicyclic) bond motifs is 1. The Morgan fingerprint density at radius 1 is 1.20 bits per heavy atom. The molecule has 1 heterocycles. The fourth-order valence-corrected chi connectivity index (χ4v) is 2.40. The van der Waals surface area contributed by atoms with Gasteiger partial charge in [0.25, 0.3) is 0 Å². The molecule has 25 heavy (non-hydrogen) atoms. The molecule has 0 aliphatic rings. The van der Waals surface area contributed by atoms with Crippen LogP contribution in [0.4, 0.5) is 0 Å². The number of methoxy groups -OCH3 is 1. The maximum absolute atomic E-state index is 9.49. The van der Waals surface area contributed by atoms with Crippen LogP contribution in [0.5, 0.6) is 11.5 Å². The van der Waals surface area contributed by atoms with Gasteiger partial charge in [-0.25, -0.2) is 4.98 Å². The number of nitrogens with zero attached hydrogens (tertiary/aromatic N) is 3. The molecule has 0 bridgehead atoms. The minimum absolute atomic E-state index is 0.0615. The third kappa shape index (κ3) is 3.44. The van der Waals surface area contributed by atoms with Crippen molar-refractivity contribution >= 4 is 22.7 Å². The summed E-state index contributed by atoms with van der Waals surface area (Å²) in [6.07, 6.45) is 1.72. The number of nitrogens with one attached hydrogen (secondary N) is 1. The summed E-state index contributed by atoms with van der Waals surface area (Å²) in [5.41, 5.74) is 2.84.